The molecule has 4 rings (SSSR count). The van der Waals surface area contributed by atoms with E-state index in [0.717, 1.165) is 22.6 Å². The van der Waals surface area contributed by atoms with Gasteiger partial charge in [0.15, 0.2) is 5.13 Å². The average molecular weight is 389 g/mol. The zero-order chi connectivity index (χ0) is 15.6. The molecule has 1 N–H and O–H groups in total. The van der Waals surface area contributed by atoms with Crippen LogP contribution in [0.15, 0.2) is 47.3 Å². The monoisotopic (exact) mass is 388 g/mol. The Kier molecular flexibility index (Phi) is 4.18. The highest BCUT2D eigenvalue weighted by Gasteiger charge is 2.20. The minimum Gasteiger partial charge on any atom is -0.355 e. The number of aryl methyl sites for hydroxylation is 1. The molecule has 1 unspecified atom stereocenters. The van der Waals surface area contributed by atoms with Crippen LogP contribution in [0.25, 0.3) is 0 Å². The number of hydrogen-bond acceptors (Lipinski definition) is 4. The number of thiazole rings is 1. The van der Waals surface area contributed by atoms with Crippen molar-refractivity contribution in [2.45, 2.75) is 31.8 Å². The predicted molar refractivity (Wildman–Crippen MR) is 96.9 cm³/mol. The SMILES string of the molecule is Brc1cnn(Cc2cnc(NC3CCCc4ccccc43)s2)c1. The second-order valence-electron chi connectivity index (χ2n) is 5.78. The van der Waals surface area contributed by atoms with Gasteiger partial charge in [-0.1, -0.05) is 24.3 Å². The second kappa shape index (κ2) is 6.45. The van der Waals surface area contributed by atoms with Crippen molar-refractivity contribution < 1.29 is 0 Å². The first kappa shape index (κ1) is 14.9. The summed E-state index contributed by atoms with van der Waals surface area (Å²) < 4.78 is 2.91. The molecule has 0 saturated carbocycles. The molecule has 0 spiro atoms. The van der Waals surface area contributed by atoms with E-state index < -0.39 is 0 Å². The average Bonchev–Trinajstić information content (AvgIpc) is 3.17. The number of nitrogens with zero attached hydrogens (tertiary/aromatic N) is 3. The highest BCUT2D eigenvalue weighted by atomic mass is 79.9. The summed E-state index contributed by atoms with van der Waals surface area (Å²) in [7, 11) is 0. The van der Waals surface area contributed by atoms with Crippen molar-refractivity contribution in [3.8, 4) is 0 Å². The number of hydrogen-bond donors (Lipinski definition) is 1. The molecule has 0 aliphatic heterocycles. The van der Waals surface area contributed by atoms with Crippen LogP contribution in [0.4, 0.5) is 5.13 Å². The maximum Gasteiger partial charge on any atom is 0.183 e. The Bertz CT molecular complexity index is 810. The summed E-state index contributed by atoms with van der Waals surface area (Å²) in [4.78, 5) is 5.74. The lowest BCUT2D eigenvalue weighted by Gasteiger charge is -2.26. The van der Waals surface area contributed by atoms with Crippen LogP contribution in [0, 0.1) is 0 Å². The van der Waals surface area contributed by atoms with Gasteiger partial charge >= 0.3 is 0 Å². The lowest BCUT2D eigenvalue weighted by Crippen LogP contribution is -2.17. The summed E-state index contributed by atoms with van der Waals surface area (Å²) >= 11 is 5.13. The quantitative estimate of drug-likeness (QED) is 0.707. The van der Waals surface area contributed by atoms with Crippen molar-refractivity contribution in [3.63, 3.8) is 0 Å². The molecule has 0 bridgehead atoms. The summed E-state index contributed by atoms with van der Waals surface area (Å²) in [6.07, 6.45) is 9.30. The Balaban J connectivity index is 1.48. The molecule has 1 aromatic carbocycles. The van der Waals surface area contributed by atoms with E-state index in [0.29, 0.717) is 6.04 Å². The van der Waals surface area contributed by atoms with Crippen LogP contribution in [0.3, 0.4) is 0 Å². The molecule has 0 saturated heterocycles. The Labute approximate surface area is 147 Å². The van der Waals surface area contributed by atoms with E-state index in [1.165, 1.54) is 28.8 Å². The van der Waals surface area contributed by atoms with Crippen LogP contribution >= 0.6 is 27.3 Å². The molecule has 2 aromatic heterocycles. The van der Waals surface area contributed by atoms with Crippen molar-refractivity contribution in [3.05, 3.63) is 63.3 Å². The van der Waals surface area contributed by atoms with E-state index in [1.54, 1.807) is 17.5 Å². The number of rotatable bonds is 4. The topological polar surface area (TPSA) is 42.7 Å². The zero-order valence-electron chi connectivity index (χ0n) is 12.6. The molecule has 4 nitrogen and oxygen atoms in total. The molecule has 23 heavy (non-hydrogen) atoms. The molecule has 0 amide bonds. The number of benzene rings is 1. The van der Waals surface area contributed by atoms with Crippen LogP contribution in [-0.2, 0) is 13.0 Å². The van der Waals surface area contributed by atoms with Gasteiger partial charge in [-0.3, -0.25) is 4.68 Å². The van der Waals surface area contributed by atoms with E-state index in [-0.39, 0.29) is 0 Å². The minimum atomic E-state index is 0.373. The lowest BCUT2D eigenvalue weighted by atomic mass is 9.88. The number of fused-ring (bicyclic) bond motifs is 1. The summed E-state index contributed by atoms with van der Waals surface area (Å²) in [6.45, 7) is 0.756. The molecular weight excluding hydrogens is 372 g/mol. The fraction of sp³-hybridized carbons (Fsp3) is 0.294. The number of anilines is 1. The summed E-state index contributed by atoms with van der Waals surface area (Å²) in [5.41, 5.74) is 2.89. The fourth-order valence-electron chi connectivity index (χ4n) is 3.08. The Hall–Kier alpha value is -1.66. The zero-order valence-corrected chi connectivity index (χ0v) is 15.0. The molecule has 0 radical (unpaired) electrons. The van der Waals surface area contributed by atoms with Gasteiger partial charge in [0, 0.05) is 17.3 Å². The van der Waals surface area contributed by atoms with Gasteiger partial charge in [0.05, 0.1) is 23.3 Å². The molecular formula is C17H17BrN4S. The summed E-state index contributed by atoms with van der Waals surface area (Å²) in [6, 6.07) is 9.11. The van der Waals surface area contributed by atoms with Crippen molar-refractivity contribution >= 4 is 32.4 Å². The van der Waals surface area contributed by atoms with Gasteiger partial charge in [0.25, 0.3) is 0 Å². The second-order valence-corrected chi connectivity index (χ2v) is 7.81. The van der Waals surface area contributed by atoms with Crippen LogP contribution in [0.1, 0.15) is 34.9 Å². The number of halogens is 1. The Morgan fingerprint density at radius 2 is 2.22 bits per heavy atom. The first-order valence-electron chi connectivity index (χ1n) is 7.75. The molecule has 6 heteroatoms. The first-order chi connectivity index (χ1) is 11.3. The normalized spacial score (nSPS) is 17.0. The van der Waals surface area contributed by atoms with E-state index >= 15 is 0 Å². The largest absolute Gasteiger partial charge is 0.355 e. The maximum atomic E-state index is 4.54. The van der Waals surface area contributed by atoms with Gasteiger partial charge in [-0.25, -0.2) is 4.98 Å². The summed E-state index contributed by atoms with van der Waals surface area (Å²) in [5.74, 6) is 0. The van der Waals surface area contributed by atoms with Crippen LogP contribution in [0.2, 0.25) is 0 Å². The predicted octanol–water partition coefficient (Wildman–Crippen LogP) is 4.64. The van der Waals surface area contributed by atoms with Crippen LogP contribution in [0.5, 0.6) is 0 Å². The van der Waals surface area contributed by atoms with Gasteiger partial charge in [-0.15, -0.1) is 11.3 Å². The van der Waals surface area contributed by atoms with Crippen molar-refractivity contribution in [2.75, 3.05) is 5.32 Å². The Morgan fingerprint density at radius 3 is 3.09 bits per heavy atom. The summed E-state index contributed by atoms with van der Waals surface area (Å²) in [5, 5.41) is 8.90. The first-order valence-corrected chi connectivity index (χ1v) is 9.36. The standard InChI is InChI=1S/C17H17BrN4S/c18-13-8-20-22(10-13)11-14-9-19-17(23-14)21-16-7-3-5-12-4-1-2-6-15(12)16/h1-2,4,6,8-10,16H,3,5,7,11H2,(H,19,21). The minimum absolute atomic E-state index is 0.373. The fourth-order valence-corrected chi connectivity index (χ4v) is 4.27. The number of nitrogens with one attached hydrogen (secondary N) is 1. The van der Waals surface area contributed by atoms with E-state index in [4.69, 9.17) is 0 Å². The number of aromatic nitrogens is 3. The molecule has 2 heterocycles. The third-order valence-corrected chi connectivity index (χ3v) is 5.46. The maximum absolute atomic E-state index is 4.54. The van der Waals surface area contributed by atoms with Crippen molar-refractivity contribution in [1.82, 2.24) is 14.8 Å². The van der Waals surface area contributed by atoms with Crippen molar-refractivity contribution in [1.29, 1.82) is 0 Å². The van der Waals surface area contributed by atoms with Crippen molar-refractivity contribution in [2.24, 2.45) is 0 Å². The molecule has 118 valence electrons. The van der Waals surface area contributed by atoms with Gasteiger partial charge in [-0.2, -0.15) is 5.10 Å². The van der Waals surface area contributed by atoms with Crippen LogP contribution in [-0.4, -0.2) is 14.8 Å². The highest BCUT2D eigenvalue weighted by molar-refractivity contribution is 9.10. The van der Waals surface area contributed by atoms with Gasteiger partial charge in [-0.05, 0) is 46.3 Å². The molecule has 3 aromatic rings. The van der Waals surface area contributed by atoms with Gasteiger partial charge in [0.2, 0.25) is 0 Å². The van der Waals surface area contributed by atoms with E-state index in [2.05, 4.69) is 55.6 Å². The highest BCUT2D eigenvalue weighted by Crippen LogP contribution is 2.33. The van der Waals surface area contributed by atoms with Gasteiger partial charge in [0.1, 0.15) is 0 Å². The van der Waals surface area contributed by atoms with E-state index in [1.807, 2.05) is 17.1 Å². The van der Waals surface area contributed by atoms with Crippen LogP contribution < -0.4 is 5.32 Å². The third kappa shape index (κ3) is 3.33. The van der Waals surface area contributed by atoms with E-state index in [9.17, 15) is 0 Å². The lowest BCUT2D eigenvalue weighted by molar-refractivity contribution is 0.600. The smallest absolute Gasteiger partial charge is 0.183 e. The molecule has 1 aliphatic rings. The molecule has 1 atom stereocenters. The molecule has 1 aliphatic carbocycles. The van der Waals surface area contributed by atoms with Gasteiger partial charge < -0.3 is 5.32 Å². The molecule has 0 fully saturated rings. The Morgan fingerprint density at radius 1 is 1.30 bits per heavy atom. The third-order valence-electron chi connectivity index (χ3n) is 4.14.